The Labute approximate surface area is 119 Å². The van der Waals surface area contributed by atoms with Crippen LogP contribution in [0.4, 0.5) is 0 Å². The zero-order chi connectivity index (χ0) is 13.8. The summed E-state index contributed by atoms with van der Waals surface area (Å²) in [5.74, 6) is 0.685. The molecule has 0 bridgehead atoms. The van der Waals surface area contributed by atoms with E-state index in [2.05, 4.69) is 62.3 Å². The topological polar surface area (TPSA) is 24.9 Å². The van der Waals surface area contributed by atoms with E-state index < -0.39 is 0 Å². The first kappa shape index (κ1) is 14.2. The molecule has 2 rings (SSSR count). The zero-order valence-electron chi connectivity index (χ0n) is 12.2. The van der Waals surface area contributed by atoms with Crippen LogP contribution in [0.1, 0.15) is 30.0 Å². The van der Waals surface area contributed by atoms with Crippen LogP contribution < -0.4 is 5.32 Å². The van der Waals surface area contributed by atoms with Gasteiger partial charge in [0.25, 0.3) is 0 Å². The second-order valence-electron chi connectivity index (χ2n) is 5.42. The molecule has 102 valence electrons. The number of rotatable bonds is 5. The van der Waals surface area contributed by atoms with E-state index in [-0.39, 0.29) is 0 Å². The van der Waals surface area contributed by atoms with Gasteiger partial charge in [0.1, 0.15) is 5.01 Å². The van der Waals surface area contributed by atoms with Crippen molar-refractivity contribution in [1.29, 1.82) is 0 Å². The summed E-state index contributed by atoms with van der Waals surface area (Å²) in [5.41, 5.74) is 3.65. The van der Waals surface area contributed by atoms with Gasteiger partial charge < -0.3 is 5.32 Å². The zero-order valence-corrected chi connectivity index (χ0v) is 13.0. The van der Waals surface area contributed by atoms with Crippen LogP contribution in [0.15, 0.2) is 24.3 Å². The highest BCUT2D eigenvalue weighted by Gasteiger charge is 2.09. The molecule has 0 fully saturated rings. The lowest BCUT2D eigenvalue weighted by Crippen LogP contribution is -2.18. The minimum absolute atomic E-state index is 0.685. The van der Waals surface area contributed by atoms with E-state index in [9.17, 15) is 0 Å². The number of nitrogens with one attached hydrogen (secondary N) is 1. The van der Waals surface area contributed by atoms with Crippen molar-refractivity contribution in [2.75, 3.05) is 6.54 Å². The van der Waals surface area contributed by atoms with Gasteiger partial charge in [0.15, 0.2) is 0 Å². The van der Waals surface area contributed by atoms with Crippen LogP contribution in [0.3, 0.4) is 0 Å². The molecule has 19 heavy (non-hydrogen) atoms. The van der Waals surface area contributed by atoms with Crippen LogP contribution in [0, 0.1) is 19.8 Å². The quantitative estimate of drug-likeness (QED) is 0.885. The second kappa shape index (κ2) is 6.31. The normalized spacial score (nSPS) is 11.2. The van der Waals surface area contributed by atoms with Gasteiger partial charge in [0.2, 0.25) is 0 Å². The molecular formula is C16H22N2S. The van der Waals surface area contributed by atoms with Crippen LogP contribution in [-0.2, 0) is 6.54 Å². The lowest BCUT2D eigenvalue weighted by Gasteiger charge is -2.05. The minimum Gasteiger partial charge on any atom is -0.312 e. The van der Waals surface area contributed by atoms with Crippen molar-refractivity contribution in [2.24, 2.45) is 5.92 Å². The Morgan fingerprint density at radius 1 is 1.16 bits per heavy atom. The lowest BCUT2D eigenvalue weighted by atomic mass is 10.2. The van der Waals surface area contributed by atoms with Crippen molar-refractivity contribution < 1.29 is 0 Å². The first-order valence-corrected chi connectivity index (χ1v) is 7.62. The third-order valence-corrected chi connectivity index (χ3v) is 4.24. The Hall–Kier alpha value is -1.19. The number of hydrogen-bond acceptors (Lipinski definition) is 3. The Morgan fingerprint density at radius 3 is 2.47 bits per heavy atom. The van der Waals surface area contributed by atoms with Gasteiger partial charge in [0, 0.05) is 17.0 Å². The molecule has 1 aromatic carbocycles. The molecule has 0 aliphatic rings. The highest BCUT2D eigenvalue weighted by atomic mass is 32.1. The SMILES string of the molecule is Cc1ccc(-c2nc(C)c(CNCC(C)C)s2)cc1. The van der Waals surface area contributed by atoms with Crippen molar-refractivity contribution in [2.45, 2.75) is 34.2 Å². The van der Waals surface area contributed by atoms with Gasteiger partial charge in [-0.1, -0.05) is 43.7 Å². The van der Waals surface area contributed by atoms with E-state index in [4.69, 9.17) is 0 Å². The van der Waals surface area contributed by atoms with Crippen molar-refractivity contribution in [1.82, 2.24) is 10.3 Å². The maximum atomic E-state index is 4.69. The molecule has 2 nitrogen and oxygen atoms in total. The van der Waals surface area contributed by atoms with Gasteiger partial charge in [-0.25, -0.2) is 4.98 Å². The number of aromatic nitrogens is 1. The fraction of sp³-hybridized carbons (Fsp3) is 0.438. The monoisotopic (exact) mass is 274 g/mol. The van der Waals surface area contributed by atoms with E-state index in [0.29, 0.717) is 5.92 Å². The third kappa shape index (κ3) is 3.88. The van der Waals surface area contributed by atoms with Gasteiger partial charge in [-0.2, -0.15) is 0 Å². The molecule has 1 aromatic heterocycles. The molecule has 2 aromatic rings. The largest absolute Gasteiger partial charge is 0.312 e. The summed E-state index contributed by atoms with van der Waals surface area (Å²) in [7, 11) is 0. The Balaban J connectivity index is 2.09. The smallest absolute Gasteiger partial charge is 0.123 e. The highest BCUT2D eigenvalue weighted by molar-refractivity contribution is 7.15. The van der Waals surface area contributed by atoms with E-state index in [1.165, 1.54) is 16.0 Å². The number of benzene rings is 1. The van der Waals surface area contributed by atoms with Gasteiger partial charge in [-0.05, 0) is 26.3 Å². The molecule has 0 spiro atoms. The molecule has 0 aliphatic carbocycles. The average Bonchev–Trinajstić information content (AvgIpc) is 2.71. The minimum atomic E-state index is 0.685. The van der Waals surface area contributed by atoms with E-state index in [1.54, 1.807) is 11.3 Å². The summed E-state index contributed by atoms with van der Waals surface area (Å²) in [6.45, 7) is 10.6. The predicted octanol–water partition coefficient (Wildman–Crippen LogP) is 4.17. The predicted molar refractivity (Wildman–Crippen MR) is 83.6 cm³/mol. The number of thiazole rings is 1. The van der Waals surface area contributed by atoms with Crippen molar-refractivity contribution in [3.8, 4) is 10.6 Å². The Kier molecular flexibility index (Phi) is 4.72. The maximum absolute atomic E-state index is 4.69. The summed E-state index contributed by atoms with van der Waals surface area (Å²) in [5, 5.41) is 4.61. The van der Waals surface area contributed by atoms with Crippen LogP contribution in [-0.4, -0.2) is 11.5 Å². The first-order valence-electron chi connectivity index (χ1n) is 6.80. The Morgan fingerprint density at radius 2 is 1.84 bits per heavy atom. The van der Waals surface area contributed by atoms with Gasteiger partial charge in [0.05, 0.1) is 5.69 Å². The lowest BCUT2D eigenvalue weighted by molar-refractivity contribution is 0.554. The molecule has 3 heteroatoms. The molecule has 1 N–H and O–H groups in total. The number of aryl methyl sites for hydroxylation is 2. The highest BCUT2D eigenvalue weighted by Crippen LogP contribution is 2.28. The van der Waals surface area contributed by atoms with Gasteiger partial charge >= 0.3 is 0 Å². The van der Waals surface area contributed by atoms with Crippen LogP contribution in [0.5, 0.6) is 0 Å². The molecule has 0 radical (unpaired) electrons. The summed E-state index contributed by atoms with van der Waals surface area (Å²) in [6.07, 6.45) is 0. The Bertz CT molecular complexity index is 526. The van der Waals surface area contributed by atoms with Gasteiger partial charge in [-0.15, -0.1) is 11.3 Å². The summed E-state index contributed by atoms with van der Waals surface area (Å²) >= 11 is 1.80. The molecular weight excluding hydrogens is 252 g/mol. The summed E-state index contributed by atoms with van der Waals surface area (Å²) in [4.78, 5) is 6.03. The molecule has 0 unspecified atom stereocenters. The van der Waals surface area contributed by atoms with Crippen LogP contribution in [0.2, 0.25) is 0 Å². The molecule has 0 atom stereocenters. The van der Waals surface area contributed by atoms with Crippen molar-refractivity contribution in [3.05, 3.63) is 40.4 Å². The van der Waals surface area contributed by atoms with E-state index in [1.807, 2.05) is 0 Å². The summed E-state index contributed by atoms with van der Waals surface area (Å²) < 4.78 is 0. The molecule has 0 saturated heterocycles. The molecule has 0 aliphatic heterocycles. The van der Waals surface area contributed by atoms with Crippen LogP contribution in [0.25, 0.3) is 10.6 Å². The van der Waals surface area contributed by atoms with E-state index >= 15 is 0 Å². The van der Waals surface area contributed by atoms with Crippen LogP contribution >= 0.6 is 11.3 Å². The van der Waals surface area contributed by atoms with Gasteiger partial charge in [-0.3, -0.25) is 0 Å². The summed E-state index contributed by atoms with van der Waals surface area (Å²) in [6, 6.07) is 8.59. The van der Waals surface area contributed by atoms with Crippen molar-refractivity contribution in [3.63, 3.8) is 0 Å². The standard InChI is InChI=1S/C16H22N2S/c1-11(2)9-17-10-15-13(4)18-16(19-15)14-7-5-12(3)6-8-14/h5-8,11,17H,9-10H2,1-4H3. The molecule has 0 saturated carbocycles. The van der Waals surface area contributed by atoms with E-state index in [0.717, 1.165) is 23.8 Å². The number of hydrogen-bond donors (Lipinski definition) is 1. The second-order valence-corrected chi connectivity index (χ2v) is 6.50. The number of nitrogens with zero attached hydrogens (tertiary/aromatic N) is 1. The molecule has 1 heterocycles. The fourth-order valence-electron chi connectivity index (χ4n) is 1.89. The fourth-order valence-corrected chi connectivity index (χ4v) is 2.92. The van der Waals surface area contributed by atoms with Crippen molar-refractivity contribution >= 4 is 11.3 Å². The molecule has 0 amide bonds. The average molecular weight is 274 g/mol. The maximum Gasteiger partial charge on any atom is 0.123 e. The third-order valence-electron chi connectivity index (χ3n) is 3.03. The first-order chi connectivity index (χ1) is 9.06.